The van der Waals surface area contributed by atoms with Crippen LogP contribution in [0.1, 0.15) is 24.8 Å². The first kappa shape index (κ1) is 17.7. The van der Waals surface area contributed by atoms with Crippen LogP contribution in [0, 0.1) is 0 Å². The first-order chi connectivity index (χ1) is 12.2. The van der Waals surface area contributed by atoms with Crippen LogP contribution in [0.25, 0.3) is 0 Å². The van der Waals surface area contributed by atoms with Crippen molar-refractivity contribution in [1.29, 1.82) is 0 Å². The normalized spacial score (nSPS) is 13.8. The summed E-state index contributed by atoms with van der Waals surface area (Å²) in [6.07, 6.45) is 5.23. The summed E-state index contributed by atoms with van der Waals surface area (Å²) in [6.45, 7) is 2.00. The van der Waals surface area contributed by atoms with Gasteiger partial charge in [-0.3, -0.25) is 4.79 Å². The van der Waals surface area contributed by atoms with Crippen LogP contribution in [0.3, 0.4) is 0 Å². The number of aryl methyl sites for hydroxylation is 1. The molecule has 1 saturated heterocycles. The monoisotopic (exact) mass is 403 g/mol. The van der Waals surface area contributed by atoms with Gasteiger partial charge in [0.2, 0.25) is 5.91 Å². The molecule has 0 spiro atoms. The van der Waals surface area contributed by atoms with Crippen molar-refractivity contribution in [3.8, 4) is 5.75 Å². The number of nitrogens with one attached hydrogen (secondary N) is 1. The van der Waals surface area contributed by atoms with Crippen LogP contribution in [0.4, 0.5) is 11.5 Å². The molecular formula is C19H22BrN3O2. The van der Waals surface area contributed by atoms with Gasteiger partial charge in [-0.2, -0.15) is 0 Å². The number of hydrogen-bond acceptors (Lipinski definition) is 4. The van der Waals surface area contributed by atoms with Crippen molar-refractivity contribution in [2.45, 2.75) is 25.7 Å². The Balaban J connectivity index is 1.60. The van der Waals surface area contributed by atoms with Crippen molar-refractivity contribution >= 4 is 33.3 Å². The number of halogens is 1. The summed E-state index contributed by atoms with van der Waals surface area (Å²) in [4.78, 5) is 19.1. The second kappa shape index (κ2) is 8.34. The molecule has 0 unspecified atom stereocenters. The van der Waals surface area contributed by atoms with Gasteiger partial charge >= 0.3 is 0 Å². The van der Waals surface area contributed by atoms with Gasteiger partial charge in [0.15, 0.2) is 5.82 Å². The predicted molar refractivity (Wildman–Crippen MR) is 103 cm³/mol. The second-order valence-corrected chi connectivity index (χ2v) is 6.94. The molecule has 2 heterocycles. The number of rotatable bonds is 6. The van der Waals surface area contributed by atoms with E-state index >= 15 is 0 Å². The zero-order valence-corrected chi connectivity index (χ0v) is 15.9. The third kappa shape index (κ3) is 4.51. The molecule has 1 aliphatic rings. The van der Waals surface area contributed by atoms with E-state index in [2.05, 4.69) is 31.1 Å². The molecule has 1 aliphatic heterocycles. The lowest BCUT2D eigenvalue weighted by Crippen LogP contribution is -2.22. The number of ether oxygens (including phenoxy) is 1. The molecule has 25 heavy (non-hydrogen) atoms. The Morgan fingerprint density at radius 2 is 2.12 bits per heavy atom. The highest BCUT2D eigenvalue weighted by Crippen LogP contribution is 2.27. The quantitative estimate of drug-likeness (QED) is 0.790. The van der Waals surface area contributed by atoms with E-state index in [1.165, 1.54) is 12.8 Å². The van der Waals surface area contributed by atoms with Gasteiger partial charge in [-0.1, -0.05) is 6.07 Å². The number of aromatic nitrogens is 1. The molecule has 0 saturated carbocycles. The zero-order chi connectivity index (χ0) is 17.6. The summed E-state index contributed by atoms with van der Waals surface area (Å²) in [5, 5.41) is 3.02. The standard InChI is InChI=1S/C19H22BrN3O2/c1-25-17-8-6-14(13-15(17)20)7-9-18(24)22-16-5-4-10-21-19(16)23-11-2-3-12-23/h4-6,8,10,13H,2-3,7,9,11-12H2,1H3,(H,22,24). The van der Waals surface area contributed by atoms with Gasteiger partial charge in [0.1, 0.15) is 5.75 Å². The minimum absolute atomic E-state index is 0.000359. The number of anilines is 2. The average Bonchev–Trinajstić information content (AvgIpc) is 3.15. The SMILES string of the molecule is COc1ccc(CCC(=O)Nc2cccnc2N2CCCC2)cc1Br. The van der Waals surface area contributed by atoms with Crippen LogP contribution in [0.5, 0.6) is 5.75 Å². The number of carbonyl (C=O) groups excluding carboxylic acids is 1. The van der Waals surface area contributed by atoms with Crippen molar-refractivity contribution in [2.24, 2.45) is 0 Å². The number of amides is 1. The third-order valence-corrected chi connectivity index (χ3v) is 4.94. The Kier molecular flexibility index (Phi) is 5.91. The first-order valence-corrected chi connectivity index (χ1v) is 9.29. The minimum atomic E-state index is 0.000359. The van der Waals surface area contributed by atoms with E-state index < -0.39 is 0 Å². The van der Waals surface area contributed by atoms with Crippen LogP contribution in [-0.2, 0) is 11.2 Å². The summed E-state index contributed by atoms with van der Waals surface area (Å²) in [7, 11) is 1.64. The summed E-state index contributed by atoms with van der Waals surface area (Å²) in [5.74, 6) is 1.67. The molecule has 2 aromatic rings. The number of benzene rings is 1. The summed E-state index contributed by atoms with van der Waals surface area (Å²) >= 11 is 3.48. The first-order valence-electron chi connectivity index (χ1n) is 8.49. The average molecular weight is 404 g/mol. The van der Waals surface area contributed by atoms with Gasteiger partial charge in [0, 0.05) is 25.7 Å². The van der Waals surface area contributed by atoms with Crippen molar-refractivity contribution in [2.75, 3.05) is 30.4 Å². The molecule has 1 amide bonds. The van der Waals surface area contributed by atoms with E-state index in [1.54, 1.807) is 13.3 Å². The highest BCUT2D eigenvalue weighted by molar-refractivity contribution is 9.10. The third-order valence-electron chi connectivity index (χ3n) is 4.32. The minimum Gasteiger partial charge on any atom is -0.496 e. The lowest BCUT2D eigenvalue weighted by atomic mass is 10.1. The number of methoxy groups -OCH3 is 1. The molecule has 5 nitrogen and oxygen atoms in total. The Labute approximate surface area is 156 Å². The van der Waals surface area contributed by atoms with E-state index in [1.807, 2.05) is 30.3 Å². The summed E-state index contributed by atoms with van der Waals surface area (Å²) in [5.41, 5.74) is 1.89. The second-order valence-electron chi connectivity index (χ2n) is 6.09. The molecule has 3 rings (SSSR count). The number of hydrogen-bond donors (Lipinski definition) is 1. The van der Waals surface area contributed by atoms with E-state index in [0.29, 0.717) is 12.8 Å². The molecule has 0 radical (unpaired) electrons. The fraction of sp³-hybridized carbons (Fsp3) is 0.368. The maximum Gasteiger partial charge on any atom is 0.224 e. The maximum atomic E-state index is 12.4. The molecule has 0 atom stereocenters. The fourth-order valence-electron chi connectivity index (χ4n) is 3.01. The van der Waals surface area contributed by atoms with E-state index in [9.17, 15) is 4.79 Å². The lowest BCUT2D eigenvalue weighted by molar-refractivity contribution is -0.116. The Hall–Kier alpha value is -2.08. The zero-order valence-electron chi connectivity index (χ0n) is 14.3. The number of pyridine rings is 1. The van der Waals surface area contributed by atoms with Crippen LogP contribution < -0.4 is 15.0 Å². The molecule has 0 aliphatic carbocycles. The lowest BCUT2D eigenvalue weighted by Gasteiger charge is -2.20. The van der Waals surface area contributed by atoms with Crippen LogP contribution in [0.2, 0.25) is 0 Å². The van der Waals surface area contributed by atoms with Gasteiger partial charge in [-0.15, -0.1) is 0 Å². The van der Waals surface area contributed by atoms with Crippen LogP contribution in [-0.4, -0.2) is 31.1 Å². The van der Waals surface area contributed by atoms with E-state index in [0.717, 1.165) is 40.4 Å². The maximum absolute atomic E-state index is 12.4. The highest BCUT2D eigenvalue weighted by atomic mass is 79.9. The molecule has 132 valence electrons. The molecule has 1 aromatic carbocycles. The van der Waals surface area contributed by atoms with Gasteiger partial charge in [-0.05, 0) is 65.0 Å². The smallest absolute Gasteiger partial charge is 0.224 e. The van der Waals surface area contributed by atoms with E-state index in [4.69, 9.17) is 4.74 Å². The van der Waals surface area contributed by atoms with Gasteiger partial charge in [-0.25, -0.2) is 4.98 Å². The molecule has 1 fully saturated rings. The molecule has 1 aromatic heterocycles. The van der Waals surface area contributed by atoms with E-state index in [-0.39, 0.29) is 5.91 Å². The summed E-state index contributed by atoms with van der Waals surface area (Å²) < 4.78 is 6.13. The highest BCUT2D eigenvalue weighted by Gasteiger charge is 2.17. The summed E-state index contributed by atoms with van der Waals surface area (Å²) in [6, 6.07) is 9.66. The van der Waals surface area contributed by atoms with Crippen molar-refractivity contribution in [3.63, 3.8) is 0 Å². The van der Waals surface area contributed by atoms with Crippen molar-refractivity contribution < 1.29 is 9.53 Å². The van der Waals surface area contributed by atoms with Crippen LogP contribution in [0.15, 0.2) is 41.0 Å². The Morgan fingerprint density at radius 3 is 2.84 bits per heavy atom. The Morgan fingerprint density at radius 1 is 1.32 bits per heavy atom. The number of carbonyl (C=O) groups is 1. The topological polar surface area (TPSA) is 54.5 Å². The van der Waals surface area contributed by atoms with Crippen LogP contribution >= 0.6 is 15.9 Å². The number of nitrogens with zero attached hydrogens (tertiary/aromatic N) is 2. The molecule has 1 N–H and O–H groups in total. The molecular weight excluding hydrogens is 382 g/mol. The largest absolute Gasteiger partial charge is 0.496 e. The Bertz CT molecular complexity index is 745. The fourth-order valence-corrected chi connectivity index (χ4v) is 3.60. The molecule has 0 bridgehead atoms. The van der Waals surface area contributed by atoms with Crippen molar-refractivity contribution in [1.82, 2.24) is 4.98 Å². The van der Waals surface area contributed by atoms with Gasteiger partial charge in [0.05, 0.1) is 17.3 Å². The van der Waals surface area contributed by atoms with Gasteiger partial charge < -0.3 is 15.0 Å². The molecule has 6 heteroatoms. The van der Waals surface area contributed by atoms with Gasteiger partial charge in [0.25, 0.3) is 0 Å². The van der Waals surface area contributed by atoms with Crippen molar-refractivity contribution in [3.05, 3.63) is 46.6 Å². The predicted octanol–water partition coefficient (Wildman–Crippen LogP) is 4.02.